The molecule has 104 valence electrons. The number of fused-ring (bicyclic) bond motifs is 1. The highest BCUT2D eigenvalue weighted by atomic mass is 16.4. The number of carbonyl (C=O) groups excluding carboxylic acids is 1. The van der Waals surface area contributed by atoms with Crippen molar-refractivity contribution in [3.63, 3.8) is 0 Å². The van der Waals surface area contributed by atoms with Crippen molar-refractivity contribution < 1.29 is 10.0 Å². The minimum absolute atomic E-state index is 0.0838. The largest absolute Gasteiger partial charge is 0.409 e. The minimum Gasteiger partial charge on any atom is -0.409 e. The van der Waals surface area contributed by atoms with E-state index in [1.807, 2.05) is 12.1 Å². The molecule has 0 saturated carbocycles. The summed E-state index contributed by atoms with van der Waals surface area (Å²) in [5.41, 5.74) is 6.80. The van der Waals surface area contributed by atoms with Crippen molar-refractivity contribution in [2.45, 2.75) is 19.4 Å². The highest BCUT2D eigenvalue weighted by Gasteiger charge is 2.11. The fourth-order valence-electron chi connectivity index (χ4n) is 1.93. The van der Waals surface area contributed by atoms with Gasteiger partial charge in [0.1, 0.15) is 5.84 Å². The summed E-state index contributed by atoms with van der Waals surface area (Å²) in [5.74, 6) is -0.116. The number of benzene rings is 1. The second kappa shape index (κ2) is 6.01. The molecule has 0 radical (unpaired) electrons. The smallest absolute Gasteiger partial charge is 0.251 e. The number of amidine groups is 1. The highest BCUT2D eigenvalue weighted by molar-refractivity contribution is 5.98. The van der Waals surface area contributed by atoms with Gasteiger partial charge in [-0.3, -0.25) is 9.78 Å². The lowest BCUT2D eigenvalue weighted by Gasteiger charge is -2.13. The van der Waals surface area contributed by atoms with Crippen LogP contribution in [0.15, 0.2) is 41.7 Å². The number of nitrogens with one attached hydrogen (secondary N) is 1. The molecule has 0 spiro atoms. The molecule has 1 amide bonds. The number of amides is 1. The molecule has 0 saturated heterocycles. The minimum atomic E-state index is -0.219. The molecule has 6 nitrogen and oxygen atoms in total. The summed E-state index contributed by atoms with van der Waals surface area (Å²) in [7, 11) is 0. The number of pyridine rings is 1. The zero-order valence-corrected chi connectivity index (χ0v) is 11.1. The molecule has 0 aliphatic rings. The summed E-state index contributed by atoms with van der Waals surface area (Å²) in [5, 5.41) is 15.1. The Kier molecular flexibility index (Phi) is 4.14. The molecule has 2 aromatic rings. The van der Waals surface area contributed by atoms with Gasteiger partial charge in [-0.2, -0.15) is 0 Å². The third-order valence-corrected chi connectivity index (χ3v) is 2.89. The van der Waals surface area contributed by atoms with E-state index in [2.05, 4.69) is 15.5 Å². The molecule has 0 bridgehead atoms. The molecule has 1 atom stereocenters. The Hall–Kier alpha value is -2.63. The first-order chi connectivity index (χ1) is 9.60. The molecule has 0 aliphatic heterocycles. The number of nitrogens with zero attached hydrogens (tertiary/aromatic N) is 2. The van der Waals surface area contributed by atoms with Gasteiger partial charge in [-0.1, -0.05) is 11.2 Å². The fourth-order valence-corrected chi connectivity index (χ4v) is 1.93. The van der Waals surface area contributed by atoms with Crippen LogP contribution < -0.4 is 11.1 Å². The number of carbonyl (C=O) groups is 1. The molecule has 0 aliphatic carbocycles. The Morgan fingerprint density at radius 1 is 1.50 bits per heavy atom. The lowest BCUT2D eigenvalue weighted by molar-refractivity contribution is 0.0941. The number of hydrogen-bond acceptors (Lipinski definition) is 4. The van der Waals surface area contributed by atoms with Gasteiger partial charge in [0.2, 0.25) is 0 Å². The van der Waals surface area contributed by atoms with Crippen LogP contribution in [0, 0.1) is 0 Å². The topological polar surface area (TPSA) is 101 Å². The second-order valence-electron chi connectivity index (χ2n) is 4.58. The SMILES string of the molecule is CC(CC(N)=NO)NC(=O)c1ccc2ncccc2c1. The Morgan fingerprint density at radius 2 is 2.30 bits per heavy atom. The number of aromatic nitrogens is 1. The van der Waals surface area contributed by atoms with Crippen molar-refractivity contribution >= 4 is 22.6 Å². The molecule has 6 heteroatoms. The maximum Gasteiger partial charge on any atom is 0.251 e. The zero-order valence-electron chi connectivity index (χ0n) is 11.1. The molecule has 1 unspecified atom stereocenters. The quantitative estimate of drug-likeness (QED) is 0.340. The Labute approximate surface area is 116 Å². The predicted molar refractivity (Wildman–Crippen MR) is 76.7 cm³/mol. The van der Waals surface area contributed by atoms with E-state index in [9.17, 15) is 4.79 Å². The first kappa shape index (κ1) is 13.8. The molecule has 1 heterocycles. The van der Waals surface area contributed by atoms with Gasteiger partial charge in [0.15, 0.2) is 0 Å². The van der Waals surface area contributed by atoms with E-state index in [4.69, 9.17) is 10.9 Å². The van der Waals surface area contributed by atoms with E-state index >= 15 is 0 Å². The van der Waals surface area contributed by atoms with E-state index in [1.165, 1.54) is 0 Å². The van der Waals surface area contributed by atoms with Gasteiger partial charge in [-0.25, -0.2) is 0 Å². The van der Waals surface area contributed by atoms with Crippen molar-refractivity contribution in [3.05, 3.63) is 42.1 Å². The van der Waals surface area contributed by atoms with Crippen LogP contribution in [0.4, 0.5) is 0 Å². The van der Waals surface area contributed by atoms with E-state index in [-0.39, 0.29) is 24.2 Å². The van der Waals surface area contributed by atoms with Crippen molar-refractivity contribution in [1.29, 1.82) is 0 Å². The molecule has 1 aromatic heterocycles. The Balaban J connectivity index is 2.11. The van der Waals surface area contributed by atoms with Crippen LogP contribution in [0.1, 0.15) is 23.7 Å². The predicted octanol–water partition coefficient (Wildman–Crippen LogP) is 1.49. The van der Waals surface area contributed by atoms with Gasteiger partial charge >= 0.3 is 0 Å². The van der Waals surface area contributed by atoms with E-state index < -0.39 is 0 Å². The maximum atomic E-state index is 12.1. The van der Waals surface area contributed by atoms with Crippen molar-refractivity contribution in [2.75, 3.05) is 0 Å². The van der Waals surface area contributed by atoms with Crippen LogP contribution in [0.5, 0.6) is 0 Å². The monoisotopic (exact) mass is 272 g/mol. The van der Waals surface area contributed by atoms with Crippen molar-refractivity contribution in [2.24, 2.45) is 10.9 Å². The molecular formula is C14H16N4O2. The van der Waals surface area contributed by atoms with Crippen LogP contribution in [0.2, 0.25) is 0 Å². The molecule has 4 N–H and O–H groups in total. The summed E-state index contributed by atoms with van der Waals surface area (Å²) in [6, 6.07) is 8.82. The summed E-state index contributed by atoms with van der Waals surface area (Å²) in [6.45, 7) is 1.79. The number of nitrogens with two attached hydrogens (primary N) is 1. The maximum absolute atomic E-state index is 12.1. The second-order valence-corrected chi connectivity index (χ2v) is 4.58. The number of oxime groups is 1. The van der Waals surface area contributed by atoms with Crippen molar-refractivity contribution in [3.8, 4) is 0 Å². The molecule has 2 rings (SSSR count). The summed E-state index contributed by atoms with van der Waals surface area (Å²) in [4.78, 5) is 16.3. The number of rotatable bonds is 4. The molecule has 1 aromatic carbocycles. The van der Waals surface area contributed by atoms with Crippen LogP contribution in [-0.2, 0) is 0 Å². The van der Waals surface area contributed by atoms with E-state index in [0.29, 0.717) is 5.56 Å². The van der Waals surface area contributed by atoms with Crippen molar-refractivity contribution in [1.82, 2.24) is 10.3 Å². The molecule has 20 heavy (non-hydrogen) atoms. The summed E-state index contributed by atoms with van der Waals surface area (Å²) >= 11 is 0. The van der Waals surface area contributed by atoms with Crippen LogP contribution >= 0.6 is 0 Å². The summed E-state index contributed by atoms with van der Waals surface area (Å²) < 4.78 is 0. The van der Waals surface area contributed by atoms with Gasteiger partial charge in [-0.15, -0.1) is 0 Å². The Morgan fingerprint density at radius 3 is 3.05 bits per heavy atom. The molecular weight excluding hydrogens is 256 g/mol. The lowest BCUT2D eigenvalue weighted by atomic mass is 10.1. The van der Waals surface area contributed by atoms with Gasteiger partial charge in [0.25, 0.3) is 5.91 Å². The van der Waals surface area contributed by atoms with E-state index in [1.54, 1.807) is 31.3 Å². The normalized spacial score (nSPS) is 13.2. The van der Waals surface area contributed by atoms with E-state index in [0.717, 1.165) is 10.9 Å². The van der Waals surface area contributed by atoms with Gasteiger partial charge in [0, 0.05) is 29.6 Å². The average Bonchev–Trinajstić information content (AvgIpc) is 2.46. The Bertz CT molecular complexity index is 654. The third kappa shape index (κ3) is 3.23. The van der Waals surface area contributed by atoms with Gasteiger partial charge < -0.3 is 16.3 Å². The van der Waals surface area contributed by atoms with Crippen LogP contribution in [0.3, 0.4) is 0 Å². The van der Waals surface area contributed by atoms with Crippen LogP contribution in [0.25, 0.3) is 10.9 Å². The fraction of sp³-hybridized carbons (Fsp3) is 0.214. The lowest BCUT2D eigenvalue weighted by Crippen LogP contribution is -2.35. The standard InChI is InChI=1S/C14H16N4O2/c1-9(7-13(15)18-20)17-14(19)11-4-5-12-10(8-11)3-2-6-16-12/h2-6,8-9,20H,7H2,1H3,(H2,15,18)(H,17,19). The first-order valence-electron chi connectivity index (χ1n) is 6.22. The average molecular weight is 272 g/mol. The van der Waals surface area contributed by atoms with Crippen LogP contribution in [-0.4, -0.2) is 28.0 Å². The zero-order chi connectivity index (χ0) is 14.5. The highest BCUT2D eigenvalue weighted by Crippen LogP contribution is 2.13. The van der Waals surface area contributed by atoms with Gasteiger partial charge in [0.05, 0.1) is 5.52 Å². The number of hydrogen-bond donors (Lipinski definition) is 3. The van der Waals surface area contributed by atoms with Gasteiger partial charge in [-0.05, 0) is 31.2 Å². The molecule has 0 fully saturated rings. The third-order valence-electron chi connectivity index (χ3n) is 2.89. The first-order valence-corrected chi connectivity index (χ1v) is 6.22. The summed E-state index contributed by atoms with van der Waals surface area (Å²) in [6.07, 6.45) is 2.00.